The first-order valence-corrected chi connectivity index (χ1v) is 12.6. The number of piperazine rings is 1. The van der Waals surface area contributed by atoms with Crippen molar-refractivity contribution in [2.45, 2.75) is 13.8 Å². The molecule has 2 heterocycles. The molecule has 6 heteroatoms. The summed E-state index contributed by atoms with van der Waals surface area (Å²) in [5, 5.41) is 0.693. The van der Waals surface area contributed by atoms with Crippen LogP contribution in [-0.2, 0) is 7.05 Å². The lowest BCUT2D eigenvalue weighted by atomic mass is 9.95. The Balaban J connectivity index is 1.49. The van der Waals surface area contributed by atoms with E-state index < -0.39 is 0 Å². The largest absolute Gasteiger partial charge is 0.399 e. The molecular weight excluding hydrogens is 468 g/mol. The zero-order chi connectivity index (χ0) is 25.4. The van der Waals surface area contributed by atoms with Crippen LogP contribution in [0, 0.1) is 6.92 Å². The number of carbonyl (C=O) groups is 1. The highest BCUT2D eigenvalue weighted by Gasteiger charge is 2.25. The smallest absolute Gasteiger partial charge is 0.162 e. The van der Waals surface area contributed by atoms with Crippen LogP contribution < -0.4 is 15.5 Å². The van der Waals surface area contributed by atoms with Crippen LogP contribution in [-0.4, -0.2) is 36.5 Å². The minimum absolute atomic E-state index is 0.0702. The second-order valence-electron chi connectivity index (χ2n) is 9.42. The number of aromatic nitrogens is 1. The van der Waals surface area contributed by atoms with E-state index in [1.54, 1.807) is 6.92 Å². The molecule has 1 aliphatic rings. The summed E-state index contributed by atoms with van der Waals surface area (Å²) in [4.78, 5) is 17.6. The molecule has 2 N–H and O–H groups in total. The number of hydrogen-bond acceptors (Lipinski definition) is 4. The molecule has 0 bridgehead atoms. The van der Waals surface area contributed by atoms with Crippen molar-refractivity contribution < 1.29 is 4.79 Å². The molecule has 1 aromatic heterocycles. The number of anilines is 3. The Labute approximate surface area is 217 Å². The first-order chi connectivity index (χ1) is 17.3. The van der Waals surface area contributed by atoms with Gasteiger partial charge in [0, 0.05) is 72.1 Å². The molecule has 1 saturated heterocycles. The Morgan fingerprint density at radius 1 is 0.833 bits per heavy atom. The van der Waals surface area contributed by atoms with Gasteiger partial charge in [-0.3, -0.25) is 4.79 Å². The van der Waals surface area contributed by atoms with E-state index in [1.807, 2.05) is 50.4 Å². The van der Waals surface area contributed by atoms with Gasteiger partial charge in [-0.25, -0.2) is 0 Å². The topological polar surface area (TPSA) is 54.5 Å². The Bertz CT molecular complexity index is 1400. The normalized spacial score (nSPS) is 13.8. The van der Waals surface area contributed by atoms with Crippen LogP contribution in [0.15, 0.2) is 72.8 Å². The fourth-order valence-corrected chi connectivity index (χ4v) is 5.35. The highest BCUT2D eigenvalue weighted by molar-refractivity contribution is 6.30. The fraction of sp³-hybridized carbons (Fsp3) is 0.233. The van der Waals surface area contributed by atoms with E-state index in [1.165, 1.54) is 11.4 Å². The number of carbonyl (C=O) groups excluding carboxylic acids is 1. The molecule has 0 aliphatic carbocycles. The number of hydrogen-bond donors (Lipinski definition) is 1. The van der Waals surface area contributed by atoms with Crippen LogP contribution in [0.5, 0.6) is 0 Å². The number of nitrogens with zero attached hydrogens (tertiary/aromatic N) is 3. The van der Waals surface area contributed by atoms with Crippen molar-refractivity contribution in [1.82, 2.24) is 4.57 Å². The third kappa shape index (κ3) is 4.47. The molecule has 0 saturated carbocycles. The zero-order valence-corrected chi connectivity index (χ0v) is 21.7. The molecule has 1 aliphatic heterocycles. The van der Waals surface area contributed by atoms with Crippen molar-refractivity contribution >= 4 is 34.4 Å². The number of nitrogen functional groups attached to an aromatic ring is 1. The minimum atomic E-state index is 0.0702. The third-order valence-corrected chi connectivity index (χ3v) is 7.45. The number of benzene rings is 3. The number of nitrogens with two attached hydrogens (primary N) is 1. The lowest BCUT2D eigenvalue weighted by Gasteiger charge is -2.37. The first kappa shape index (κ1) is 24.0. The van der Waals surface area contributed by atoms with Gasteiger partial charge in [-0.2, -0.15) is 0 Å². The van der Waals surface area contributed by atoms with Crippen molar-refractivity contribution in [2.75, 3.05) is 41.7 Å². The molecule has 0 spiro atoms. The predicted molar refractivity (Wildman–Crippen MR) is 151 cm³/mol. The van der Waals surface area contributed by atoms with Crippen LogP contribution in [0.3, 0.4) is 0 Å². The Kier molecular flexibility index (Phi) is 6.50. The van der Waals surface area contributed by atoms with Gasteiger partial charge in [-0.05, 0) is 73.5 Å². The van der Waals surface area contributed by atoms with Crippen molar-refractivity contribution in [3.8, 4) is 22.4 Å². The van der Waals surface area contributed by atoms with Gasteiger partial charge >= 0.3 is 0 Å². The van der Waals surface area contributed by atoms with Gasteiger partial charge in [0.15, 0.2) is 5.78 Å². The van der Waals surface area contributed by atoms with E-state index in [4.69, 9.17) is 17.3 Å². The lowest BCUT2D eigenvalue weighted by molar-refractivity contribution is 0.101. The standard InChI is InChI=1S/C30H31ClN4O/c1-20-28(21(2)36)29(30(33(20)3)22-7-9-24(31)10-8-22)23-5-4-6-27(19-23)35-17-15-34(16-18-35)26-13-11-25(32)12-14-26/h4-14,19H,15-18,32H2,1-3H3. The predicted octanol–water partition coefficient (Wildman–Crippen LogP) is 6.43. The highest BCUT2D eigenvalue weighted by Crippen LogP contribution is 2.40. The lowest BCUT2D eigenvalue weighted by Crippen LogP contribution is -2.46. The molecular formula is C30H31ClN4O. The number of rotatable bonds is 5. The molecule has 184 valence electrons. The second-order valence-corrected chi connectivity index (χ2v) is 9.86. The maximum Gasteiger partial charge on any atom is 0.162 e. The summed E-state index contributed by atoms with van der Waals surface area (Å²) in [6.45, 7) is 7.38. The van der Waals surface area contributed by atoms with Gasteiger partial charge in [0.2, 0.25) is 0 Å². The quantitative estimate of drug-likeness (QED) is 0.254. The Hall–Kier alpha value is -3.70. The SMILES string of the molecule is CC(=O)c1c(-c2cccc(N3CCN(c4ccc(N)cc4)CC3)c2)c(-c2ccc(Cl)cc2)n(C)c1C. The molecule has 4 aromatic rings. The molecule has 0 radical (unpaired) electrons. The molecule has 3 aromatic carbocycles. The van der Waals surface area contributed by atoms with E-state index >= 15 is 0 Å². The maximum atomic E-state index is 12.8. The highest BCUT2D eigenvalue weighted by atomic mass is 35.5. The van der Waals surface area contributed by atoms with Crippen molar-refractivity contribution in [3.63, 3.8) is 0 Å². The number of Topliss-reactive ketones (excluding diaryl/α,β-unsaturated/α-hetero) is 1. The summed E-state index contributed by atoms with van der Waals surface area (Å²) in [5.74, 6) is 0.0702. The van der Waals surface area contributed by atoms with Crippen LogP contribution >= 0.6 is 11.6 Å². The average molecular weight is 499 g/mol. The van der Waals surface area contributed by atoms with Crippen LogP contribution in [0.1, 0.15) is 23.0 Å². The molecule has 0 atom stereocenters. The van der Waals surface area contributed by atoms with Crippen molar-refractivity contribution in [2.24, 2.45) is 7.05 Å². The summed E-state index contributed by atoms with van der Waals surface area (Å²) >= 11 is 6.17. The van der Waals surface area contributed by atoms with Gasteiger partial charge in [-0.15, -0.1) is 0 Å². The molecule has 5 nitrogen and oxygen atoms in total. The second kappa shape index (κ2) is 9.75. The van der Waals surface area contributed by atoms with Crippen LogP contribution in [0.25, 0.3) is 22.4 Å². The molecule has 5 rings (SSSR count). The Morgan fingerprint density at radius 2 is 1.44 bits per heavy atom. The van der Waals surface area contributed by atoms with Crippen LogP contribution in [0.4, 0.5) is 17.1 Å². The monoisotopic (exact) mass is 498 g/mol. The molecule has 1 fully saturated rings. The summed E-state index contributed by atoms with van der Waals surface area (Å²) in [6.07, 6.45) is 0. The summed E-state index contributed by atoms with van der Waals surface area (Å²) < 4.78 is 2.12. The van der Waals surface area contributed by atoms with E-state index in [0.717, 1.165) is 65.5 Å². The van der Waals surface area contributed by atoms with Gasteiger partial charge < -0.3 is 20.1 Å². The fourth-order valence-electron chi connectivity index (χ4n) is 5.23. The Morgan fingerprint density at radius 3 is 2.06 bits per heavy atom. The third-order valence-electron chi connectivity index (χ3n) is 7.19. The summed E-state index contributed by atoms with van der Waals surface area (Å²) in [6, 6.07) is 24.5. The molecule has 0 amide bonds. The van der Waals surface area contributed by atoms with Gasteiger partial charge in [-0.1, -0.05) is 35.9 Å². The van der Waals surface area contributed by atoms with Crippen LogP contribution in [0.2, 0.25) is 5.02 Å². The zero-order valence-electron chi connectivity index (χ0n) is 21.0. The number of halogens is 1. The van der Waals surface area contributed by atoms with E-state index in [2.05, 4.69) is 50.8 Å². The number of ketones is 1. The first-order valence-electron chi connectivity index (χ1n) is 12.3. The average Bonchev–Trinajstić information content (AvgIpc) is 3.16. The van der Waals surface area contributed by atoms with Crippen molar-refractivity contribution in [1.29, 1.82) is 0 Å². The van der Waals surface area contributed by atoms with Gasteiger partial charge in [0.05, 0.1) is 5.69 Å². The van der Waals surface area contributed by atoms with E-state index in [0.29, 0.717) is 5.02 Å². The molecule has 0 unspecified atom stereocenters. The van der Waals surface area contributed by atoms with E-state index in [-0.39, 0.29) is 5.78 Å². The van der Waals surface area contributed by atoms with Gasteiger partial charge in [0.1, 0.15) is 0 Å². The summed E-state index contributed by atoms with van der Waals surface area (Å²) in [7, 11) is 2.02. The molecule has 36 heavy (non-hydrogen) atoms. The van der Waals surface area contributed by atoms with Gasteiger partial charge in [0.25, 0.3) is 0 Å². The maximum absolute atomic E-state index is 12.8. The summed E-state index contributed by atoms with van der Waals surface area (Å²) in [5.41, 5.74) is 14.8. The van der Waals surface area contributed by atoms with Crippen molar-refractivity contribution in [3.05, 3.63) is 89.1 Å². The van der Waals surface area contributed by atoms with E-state index in [9.17, 15) is 4.79 Å². The minimum Gasteiger partial charge on any atom is -0.399 e.